The molecule has 19 nitrogen and oxygen atoms in total. The van der Waals surface area contributed by atoms with Gasteiger partial charge >= 0.3 is 0 Å². The molecule has 0 bridgehead atoms. The number of hydrogen-bond acceptors (Lipinski definition) is 18. The maximum absolute atomic E-state index is 13.4. The molecular formula is C75H129NO18. The van der Waals surface area contributed by atoms with Crippen molar-refractivity contribution in [1.82, 2.24) is 5.32 Å². The fraction of sp³-hybridized carbons (Fsp3) is 0.773. The van der Waals surface area contributed by atoms with Crippen LogP contribution in [-0.4, -0.2) is 193 Å². The van der Waals surface area contributed by atoms with Crippen molar-refractivity contribution in [3.63, 3.8) is 0 Å². The summed E-state index contributed by atoms with van der Waals surface area (Å²) in [5, 5.41) is 120. The van der Waals surface area contributed by atoms with Crippen LogP contribution in [0.1, 0.15) is 239 Å². The van der Waals surface area contributed by atoms with Gasteiger partial charge in [0, 0.05) is 6.42 Å². The molecule has 19 heteroatoms. The lowest BCUT2D eigenvalue weighted by Gasteiger charge is -2.48. The first-order valence-corrected chi connectivity index (χ1v) is 36.5. The van der Waals surface area contributed by atoms with Crippen LogP contribution in [0.15, 0.2) is 97.2 Å². The number of hydrogen-bond donors (Lipinski definition) is 12. The van der Waals surface area contributed by atoms with Gasteiger partial charge < -0.3 is 89.9 Å². The number of carbonyl (C=O) groups is 1. The molecule has 17 atom stereocenters. The van der Waals surface area contributed by atoms with Gasteiger partial charge in [-0.3, -0.25) is 4.79 Å². The minimum atomic E-state index is -1.97. The third-order valence-corrected chi connectivity index (χ3v) is 17.7. The molecule has 3 fully saturated rings. The standard InChI is InChI=1S/C75H129NO18/c1-3-5-7-9-11-13-15-16-17-18-19-20-21-22-23-24-25-26-27-28-29-30-31-32-33-34-35-36-37-38-39-40-41-42-43-45-47-49-51-53-63(81)76-58(59(80)52-50-48-46-44-14-12-10-8-6-4-2)57-89-73-69(87)66(84)71(61(55-78)91-73)94-75-70(88)67(85)72(62(56-79)92-75)93-74-68(86)65(83)64(82)60(54-77)90-74/h5,7,11,13,16-17,19-20,22-23,25-26,28-29,31-32,58-62,64-75,77-80,82-88H,3-4,6,8-10,12,14-15,18,21,24,27,30,33-57H2,1-2H3,(H,76,81)/b7-5-,13-11-,17-16-,20-19-,23-22-,26-25-,29-28-,32-31-. The Kier molecular flexibility index (Phi) is 50.2. The topological polar surface area (TPSA) is 307 Å². The van der Waals surface area contributed by atoms with Crippen LogP contribution < -0.4 is 5.32 Å². The van der Waals surface area contributed by atoms with Gasteiger partial charge in [0.25, 0.3) is 0 Å². The van der Waals surface area contributed by atoms with E-state index in [1.807, 2.05) is 0 Å². The number of unbranched alkanes of at least 4 members (excludes halogenated alkanes) is 23. The quantitative estimate of drug-likeness (QED) is 0.0199. The second-order valence-corrected chi connectivity index (χ2v) is 25.7. The molecular weight excluding hydrogens is 1200 g/mol. The molecule has 3 heterocycles. The predicted molar refractivity (Wildman–Crippen MR) is 369 cm³/mol. The molecule has 3 aliphatic rings. The summed E-state index contributed by atoms with van der Waals surface area (Å²) in [7, 11) is 0. The van der Waals surface area contributed by atoms with E-state index in [0.717, 1.165) is 103 Å². The molecule has 12 N–H and O–H groups in total. The summed E-state index contributed by atoms with van der Waals surface area (Å²) < 4.78 is 34.3. The maximum atomic E-state index is 13.4. The van der Waals surface area contributed by atoms with Gasteiger partial charge in [-0.1, -0.05) is 252 Å². The van der Waals surface area contributed by atoms with E-state index in [0.29, 0.717) is 12.8 Å². The molecule has 0 saturated carbocycles. The molecule has 542 valence electrons. The van der Waals surface area contributed by atoms with Crippen molar-refractivity contribution < 1.29 is 89.4 Å². The minimum absolute atomic E-state index is 0.248. The lowest BCUT2D eigenvalue weighted by atomic mass is 9.96. The summed E-state index contributed by atoms with van der Waals surface area (Å²) >= 11 is 0. The third kappa shape index (κ3) is 36.5. The van der Waals surface area contributed by atoms with Crippen LogP contribution in [0.3, 0.4) is 0 Å². The second-order valence-electron chi connectivity index (χ2n) is 25.7. The van der Waals surface area contributed by atoms with Gasteiger partial charge in [-0.25, -0.2) is 0 Å². The molecule has 3 aliphatic heterocycles. The SMILES string of the molecule is CC/C=C\C/C=C\C/C=C\C/C=C\C/C=C\C/C=C\C/C=C\C/C=C\CCCCCCCCCCCCCCCCC(=O)NC(COC1OC(CO)C(OC2OC(CO)C(OC3OC(CO)C(O)C(O)C3O)C(O)C2O)C(O)C1O)C(O)CCCCCCCCCCCC. The van der Waals surface area contributed by atoms with E-state index in [1.54, 1.807) is 0 Å². The van der Waals surface area contributed by atoms with Crippen LogP contribution in [0.5, 0.6) is 0 Å². The summed E-state index contributed by atoms with van der Waals surface area (Å²) in [6.45, 7) is 1.65. The van der Waals surface area contributed by atoms with Crippen molar-refractivity contribution in [2.45, 2.75) is 343 Å². The van der Waals surface area contributed by atoms with Crippen molar-refractivity contribution in [3.05, 3.63) is 97.2 Å². The number of allylic oxidation sites excluding steroid dienone is 16. The number of aliphatic hydroxyl groups excluding tert-OH is 11. The van der Waals surface area contributed by atoms with E-state index >= 15 is 0 Å². The van der Waals surface area contributed by atoms with Gasteiger partial charge in [0.05, 0.1) is 38.6 Å². The highest BCUT2D eigenvalue weighted by molar-refractivity contribution is 5.76. The number of carbonyl (C=O) groups excluding carboxylic acids is 1. The maximum Gasteiger partial charge on any atom is 0.220 e. The summed E-state index contributed by atoms with van der Waals surface area (Å²) in [6, 6.07) is -0.890. The van der Waals surface area contributed by atoms with E-state index in [-0.39, 0.29) is 18.9 Å². The van der Waals surface area contributed by atoms with Gasteiger partial charge in [0.15, 0.2) is 18.9 Å². The van der Waals surface area contributed by atoms with Crippen molar-refractivity contribution in [1.29, 1.82) is 0 Å². The molecule has 3 rings (SSSR count). The molecule has 94 heavy (non-hydrogen) atoms. The second kappa shape index (κ2) is 55.6. The Hall–Kier alpha value is -3.29. The van der Waals surface area contributed by atoms with Crippen LogP contribution in [-0.2, 0) is 33.2 Å². The first-order valence-electron chi connectivity index (χ1n) is 36.5. The number of rotatable bonds is 55. The number of aliphatic hydroxyl groups is 11. The average Bonchev–Trinajstić information content (AvgIpc) is 0.788. The van der Waals surface area contributed by atoms with Gasteiger partial charge in [-0.05, 0) is 77.0 Å². The smallest absolute Gasteiger partial charge is 0.220 e. The Labute approximate surface area is 564 Å². The fourth-order valence-electron chi connectivity index (χ4n) is 11.8. The highest BCUT2D eigenvalue weighted by Gasteiger charge is 2.53. The molecule has 0 aliphatic carbocycles. The first-order chi connectivity index (χ1) is 45.8. The van der Waals surface area contributed by atoms with Crippen LogP contribution in [0.4, 0.5) is 0 Å². The van der Waals surface area contributed by atoms with E-state index in [9.17, 15) is 61.0 Å². The van der Waals surface area contributed by atoms with Crippen LogP contribution in [0, 0.1) is 0 Å². The van der Waals surface area contributed by atoms with E-state index in [2.05, 4.69) is 116 Å². The molecule has 0 aromatic carbocycles. The zero-order valence-electron chi connectivity index (χ0n) is 57.4. The monoisotopic (exact) mass is 1330 g/mol. The number of amides is 1. The molecule has 3 saturated heterocycles. The van der Waals surface area contributed by atoms with Crippen molar-refractivity contribution in [2.24, 2.45) is 0 Å². The molecule has 0 spiro atoms. The zero-order chi connectivity index (χ0) is 68.2. The highest BCUT2D eigenvalue weighted by Crippen LogP contribution is 2.33. The van der Waals surface area contributed by atoms with E-state index < -0.39 is 124 Å². The van der Waals surface area contributed by atoms with Crippen molar-refractivity contribution in [2.75, 3.05) is 26.4 Å². The van der Waals surface area contributed by atoms with Crippen molar-refractivity contribution in [3.8, 4) is 0 Å². The van der Waals surface area contributed by atoms with E-state index in [4.69, 9.17) is 28.4 Å². The lowest BCUT2D eigenvalue weighted by molar-refractivity contribution is -0.379. The lowest BCUT2D eigenvalue weighted by Crippen LogP contribution is -2.66. The normalized spacial score (nSPS) is 27.9. The van der Waals surface area contributed by atoms with E-state index in [1.165, 1.54) is 103 Å². The van der Waals surface area contributed by atoms with Crippen molar-refractivity contribution >= 4 is 5.91 Å². The van der Waals surface area contributed by atoms with Crippen LogP contribution in [0.2, 0.25) is 0 Å². The Balaban J connectivity index is 1.29. The molecule has 1 amide bonds. The van der Waals surface area contributed by atoms with Crippen LogP contribution in [0.25, 0.3) is 0 Å². The molecule has 0 aromatic rings. The van der Waals surface area contributed by atoms with Gasteiger partial charge in [0.1, 0.15) is 73.2 Å². The van der Waals surface area contributed by atoms with Gasteiger partial charge in [0.2, 0.25) is 5.91 Å². The summed E-state index contributed by atoms with van der Waals surface area (Å²) in [6.07, 6.45) is 46.6. The Morgan fingerprint density at radius 1 is 0.394 bits per heavy atom. The average molecular weight is 1330 g/mol. The highest BCUT2D eigenvalue weighted by atomic mass is 16.8. The minimum Gasteiger partial charge on any atom is -0.394 e. The molecule has 17 unspecified atom stereocenters. The predicted octanol–water partition coefficient (Wildman–Crippen LogP) is 10.4. The first kappa shape index (κ1) is 84.9. The Bertz CT molecular complexity index is 2080. The Morgan fingerprint density at radius 3 is 1.15 bits per heavy atom. The summed E-state index contributed by atoms with van der Waals surface area (Å²) in [4.78, 5) is 13.4. The fourth-order valence-corrected chi connectivity index (χ4v) is 11.8. The third-order valence-electron chi connectivity index (χ3n) is 17.7. The number of nitrogens with one attached hydrogen (secondary N) is 1. The van der Waals surface area contributed by atoms with Gasteiger partial charge in [-0.15, -0.1) is 0 Å². The molecule has 0 aromatic heterocycles. The summed E-state index contributed by atoms with van der Waals surface area (Å²) in [5.74, 6) is -0.248. The summed E-state index contributed by atoms with van der Waals surface area (Å²) in [5.41, 5.74) is 0. The molecule has 0 radical (unpaired) electrons. The largest absolute Gasteiger partial charge is 0.394 e. The van der Waals surface area contributed by atoms with Gasteiger partial charge in [-0.2, -0.15) is 0 Å². The Morgan fingerprint density at radius 2 is 0.734 bits per heavy atom. The zero-order valence-corrected chi connectivity index (χ0v) is 57.4. The van der Waals surface area contributed by atoms with Crippen LogP contribution >= 0.6 is 0 Å². The number of ether oxygens (including phenoxy) is 6.